The van der Waals surface area contributed by atoms with Crippen LogP contribution in [-0.2, 0) is 17.9 Å². The fourth-order valence-electron chi connectivity index (χ4n) is 4.99. The fraction of sp³-hybridized carbons (Fsp3) is 0.172. The van der Waals surface area contributed by atoms with Gasteiger partial charge < -0.3 is 9.47 Å². The average molecular weight is 432 g/mol. The van der Waals surface area contributed by atoms with Crippen LogP contribution in [0, 0.1) is 0 Å². The van der Waals surface area contributed by atoms with E-state index in [4.69, 9.17) is 4.98 Å². The lowest BCUT2D eigenvalue weighted by molar-refractivity contribution is -0.128. The van der Waals surface area contributed by atoms with Crippen molar-refractivity contribution in [2.24, 2.45) is 0 Å². The smallest absolute Gasteiger partial charge is 0.223 e. The molecule has 0 aliphatic carbocycles. The maximum Gasteiger partial charge on any atom is 0.223 e. The van der Waals surface area contributed by atoms with Crippen molar-refractivity contribution in [1.82, 2.24) is 14.5 Å². The third-order valence-corrected chi connectivity index (χ3v) is 6.63. The lowest BCUT2D eigenvalue weighted by Gasteiger charge is -2.17. The Hall–Kier alpha value is -3.92. The zero-order valence-corrected chi connectivity index (χ0v) is 18.4. The highest BCUT2D eigenvalue weighted by Crippen LogP contribution is 2.32. The zero-order valence-electron chi connectivity index (χ0n) is 18.4. The van der Waals surface area contributed by atoms with Crippen LogP contribution < -0.4 is 0 Å². The summed E-state index contributed by atoms with van der Waals surface area (Å²) in [5.41, 5.74) is 4.51. The number of carbonyl (C=O) groups is 1. The molecule has 1 aliphatic heterocycles. The van der Waals surface area contributed by atoms with Gasteiger partial charge in [0.2, 0.25) is 5.91 Å². The molecule has 0 bridgehead atoms. The zero-order chi connectivity index (χ0) is 22.2. The van der Waals surface area contributed by atoms with Crippen molar-refractivity contribution in [2.75, 3.05) is 6.54 Å². The van der Waals surface area contributed by atoms with E-state index in [9.17, 15) is 4.79 Å². The standard InChI is InChI=1S/C29H25N3O/c33-28-17-25(20-31(28)18-21-8-2-1-3-9-21)29-30-26-12-6-7-13-27(26)32(29)19-22-14-15-23-10-4-5-11-24(23)16-22/h1-16,25H,17-20H2. The van der Waals surface area contributed by atoms with E-state index in [1.54, 1.807) is 0 Å². The van der Waals surface area contributed by atoms with Gasteiger partial charge in [0.25, 0.3) is 0 Å². The highest BCUT2D eigenvalue weighted by atomic mass is 16.2. The summed E-state index contributed by atoms with van der Waals surface area (Å²) in [6.07, 6.45) is 0.508. The highest BCUT2D eigenvalue weighted by molar-refractivity contribution is 5.83. The molecule has 1 aliphatic rings. The molecule has 33 heavy (non-hydrogen) atoms. The Morgan fingerprint density at radius 2 is 1.52 bits per heavy atom. The van der Waals surface area contributed by atoms with Gasteiger partial charge in [-0.15, -0.1) is 0 Å². The predicted octanol–water partition coefficient (Wildman–Crippen LogP) is 5.75. The van der Waals surface area contributed by atoms with Gasteiger partial charge >= 0.3 is 0 Å². The molecule has 1 atom stereocenters. The number of fused-ring (bicyclic) bond motifs is 2. The first kappa shape index (κ1) is 19.7. The van der Waals surface area contributed by atoms with Gasteiger partial charge in [0, 0.05) is 32.0 Å². The third kappa shape index (κ3) is 3.78. The number of benzene rings is 4. The molecule has 1 aromatic heterocycles. The normalized spacial score (nSPS) is 16.2. The van der Waals surface area contributed by atoms with Crippen molar-refractivity contribution < 1.29 is 4.79 Å². The summed E-state index contributed by atoms with van der Waals surface area (Å²) in [7, 11) is 0. The van der Waals surface area contributed by atoms with Gasteiger partial charge in [-0.25, -0.2) is 4.98 Å². The van der Waals surface area contributed by atoms with E-state index in [-0.39, 0.29) is 11.8 Å². The minimum Gasteiger partial charge on any atom is -0.338 e. The number of hydrogen-bond acceptors (Lipinski definition) is 2. The summed E-state index contributed by atoms with van der Waals surface area (Å²) in [5, 5.41) is 2.49. The molecule has 1 unspecified atom stereocenters. The molecule has 0 radical (unpaired) electrons. The molecule has 1 amide bonds. The molecule has 0 spiro atoms. The quantitative estimate of drug-likeness (QED) is 0.355. The number of hydrogen-bond donors (Lipinski definition) is 0. The SMILES string of the molecule is O=C1CC(c2nc3ccccc3n2Cc2ccc3ccccc3c2)CN1Cc1ccccc1. The largest absolute Gasteiger partial charge is 0.338 e. The van der Waals surface area contributed by atoms with Crippen molar-refractivity contribution in [1.29, 1.82) is 0 Å². The lowest BCUT2D eigenvalue weighted by Crippen LogP contribution is -2.24. The Labute approximate surface area is 193 Å². The van der Waals surface area contributed by atoms with Gasteiger partial charge in [-0.05, 0) is 40.1 Å². The van der Waals surface area contributed by atoms with Crippen molar-refractivity contribution in [3.05, 3.63) is 114 Å². The second-order valence-electron chi connectivity index (χ2n) is 8.89. The molecule has 5 aromatic rings. The number of aromatic nitrogens is 2. The Morgan fingerprint density at radius 1 is 0.758 bits per heavy atom. The number of carbonyl (C=O) groups excluding carboxylic acids is 1. The number of para-hydroxylation sites is 2. The summed E-state index contributed by atoms with van der Waals surface area (Å²) in [6.45, 7) is 2.10. The molecule has 0 N–H and O–H groups in total. The van der Waals surface area contributed by atoms with Crippen LogP contribution in [0.25, 0.3) is 21.8 Å². The van der Waals surface area contributed by atoms with Crippen LogP contribution in [0.2, 0.25) is 0 Å². The van der Waals surface area contributed by atoms with Crippen molar-refractivity contribution in [3.63, 3.8) is 0 Å². The average Bonchev–Trinajstić information content (AvgIpc) is 3.40. The van der Waals surface area contributed by atoms with Crippen LogP contribution in [0.3, 0.4) is 0 Å². The second kappa shape index (κ2) is 8.21. The molecule has 6 rings (SSSR count). The maximum atomic E-state index is 12.9. The molecule has 1 saturated heterocycles. The molecule has 2 heterocycles. The number of amides is 1. The monoisotopic (exact) mass is 431 g/mol. The van der Waals surface area contributed by atoms with E-state index >= 15 is 0 Å². The Balaban J connectivity index is 1.34. The summed E-state index contributed by atoms with van der Waals surface area (Å²) in [4.78, 5) is 19.9. The summed E-state index contributed by atoms with van der Waals surface area (Å²) in [6, 6.07) is 33.6. The predicted molar refractivity (Wildman–Crippen MR) is 132 cm³/mol. The third-order valence-electron chi connectivity index (χ3n) is 6.63. The van der Waals surface area contributed by atoms with Crippen LogP contribution in [-0.4, -0.2) is 26.9 Å². The van der Waals surface area contributed by atoms with Gasteiger partial charge in [-0.3, -0.25) is 4.79 Å². The van der Waals surface area contributed by atoms with E-state index in [0.29, 0.717) is 19.5 Å². The van der Waals surface area contributed by atoms with Crippen LogP contribution >= 0.6 is 0 Å². The van der Waals surface area contributed by atoms with Gasteiger partial charge in [-0.1, -0.05) is 78.9 Å². The molecule has 4 aromatic carbocycles. The van der Waals surface area contributed by atoms with Crippen molar-refractivity contribution in [2.45, 2.75) is 25.4 Å². The topological polar surface area (TPSA) is 38.1 Å². The van der Waals surface area contributed by atoms with Crippen LogP contribution in [0.1, 0.15) is 29.3 Å². The number of likely N-dealkylation sites (tertiary alicyclic amines) is 1. The minimum absolute atomic E-state index is 0.0917. The Morgan fingerprint density at radius 3 is 2.39 bits per heavy atom. The van der Waals surface area contributed by atoms with E-state index in [1.807, 2.05) is 29.2 Å². The number of imidazole rings is 1. The summed E-state index contributed by atoms with van der Waals surface area (Å²) >= 11 is 0. The second-order valence-corrected chi connectivity index (χ2v) is 8.89. The van der Waals surface area contributed by atoms with E-state index in [0.717, 1.165) is 29.0 Å². The first-order valence-corrected chi connectivity index (χ1v) is 11.5. The maximum absolute atomic E-state index is 12.9. The molecule has 4 nitrogen and oxygen atoms in total. The number of nitrogens with zero attached hydrogens (tertiary/aromatic N) is 3. The molecule has 1 fully saturated rings. The Bertz CT molecular complexity index is 1450. The van der Waals surface area contributed by atoms with Crippen molar-refractivity contribution in [3.8, 4) is 0 Å². The number of rotatable bonds is 5. The first-order valence-electron chi connectivity index (χ1n) is 11.5. The fourth-order valence-corrected chi connectivity index (χ4v) is 4.99. The molecule has 4 heteroatoms. The van der Waals surface area contributed by atoms with Crippen LogP contribution in [0.15, 0.2) is 97.1 Å². The van der Waals surface area contributed by atoms with E-state index in [2.05, 4.69) is 77.4 Å². The van der Waals surface area contributed by atoms with Gasteiger partial charge in [0.05, 0.1) is 11.0 Å². The molecule has 0 saturated carbocycles. The van der Waals surface area contributed by atoms with Crippen molar-refractivity contribution >= 4 is 27.7 Å². The molecular formula is C29H25N3O. The minimum atomic E-state index is 0.0917. The van der Waals surface area contributed by atoms with Gasteiger partial charge in [0.1, 0.15) is 5.82 Å². The van der Waals surface area contributed by atoms with Crippen LogP contribution in [0.4, 0.5) is 0 Å². The summed E-state index contributed by atoms with van der Waals surface area (Å²) in [5.74, 6) is 1.30. The summed E-state index contributed by atoms with van der Waals surface area (Å²) < 4.78 is 2.31. The van der Waals surface area contributed by atoms with Gasteiger partial charge in [-0.2, -0.15) is 0 Å². The van der Waals surface area contributed by atoms with Crippen LogP contribution in [0.5, 0.6) is 0 Å². The van der Waals surface area contributed by atoms with E-state index < -0.39 is 0 Å². The lowest BCUT2D eigenvalue weighted by atomic mass is 10.1. The molecule has 162 valence electrons. The highest BCUT2D eigenvalue weighted by Gasteiger charge is 2.34. The Kier molecular flexibility index (Phi) is 4.91. The van der Waals surface area contributed by atoms with Gasteiger partial charge in [0.15, 0.2) is 0 Å². The molecular weight excluding hydrogens is 406 g/mol. The first-order chi connectivity index (χ1) is 16.2. The van der Waals surface area contributed by atoms with E-state index in [1.165, 1.54) is 16.3 Å².